The van der Waals surface area contributed by atoms with Gasteiger partial charge in [-0.1, -0.05) is 12.1 Å². The highest BCUT2D eigenvalue weighted by Gasteiger charge is 2.04. The molecule has 0 aliphatic carbocycles. The summed E-state index contributed by atoms with van der Waals surface area (Å²) in [5.41, 5.74) is 8.96. The van der Waals surface area contributed by atoms with E-state index in [9.17, 15) is 0 Å². The van der Waals surface area contributed by atoms with Crippen molar-refractivity contribution >= 4 is 39.1 Å². The lowest BCUT2D eigenvalue weighted by Crippen LogP contribution is -2.21. The topological polar surface area (TPSA) is 42.1 Å². The van der Waals surface area contributed by atoms with E-state index in [-0.39, 0.29) is 17.0 Å². The van der Waals surface area contributed by atoms with Gasteiger partial charge in [0.25, 0.3) is 0 Å². The average molecular weight is 328 g/mol. The van der Waals surface area contributed by atoms with Crippen LogP contribution in [0.1, 0.15) is 13.8 Å². The van der Waals surface area contributed by atoms with Crippen LogP contribution in [0.25, 0.3) is 11.3 Å². The minimum Gasteiger partial charge on any atom is -0.375 e. The van der Waals surface area contributed by atoms with E-state index in [0.29, 0.717) is 5.13 Å². The van der Waals surface area contributed by atoms with E-state index in [1.807, 2.05) is 5.38 Å². The zero-order chi connectivity index (χ0) is 12.3. The van der Waals surface area contributed by atoms with Crippen molar-refractivity contribution in [3.05, 3.63) is 29.6 Å². The van der Waals surface area contributed by atoms with Gasteiger partial charge in [-0.25, -0.2) is 4.98 Å². The number of hydrogen-bond donors (Lipinski definition) is 1. The van der Waals surface area contributed by atoms with Crippen molar-refractivity contribution in [1.82, 2.24) is 4.98 Å². The van der Waals surface area contributed by atoms with Crippen molar-refractivity contribution < 1.29 is 0 Å². The molecule has 0 amide bonds. The summed E-state index contributed by atoms with van der Waals surface area (Å²) in [6.45, 7) is 6.38. The molecule has 0 saturated heterocycles. The van der Waals surface area contributed by atoms with E-state index in [1.165, 1.54) is 17.0 Å². The van der Waals surface area contributed by atoms with Gasteiger partial charge in [-0.3, -0.25) is 0 Å². The Kier molecular flexibility index (Phi) is 5.62. The van der Waals surface area contributed by atoms with Gasteiger partial charge in [0.15, 0.2) is 5.13 Å². The normalized spacial score (nSPS) is 9.89. The molecule has 0 saturated carbocycles. The summed E-state index contributed by atoms with van der Waals surface area (Å²) in [6, 6.07) is 8.47. The van der Waals surface area contributed by atoms with Crippen LogP contribution in [0.4, 0.5) is 10.8 Å². The fraction of sp³-hybridized carbons (Fsp3) is 0.308. The zero-order valence-electron chi connectivity index (χ0n) is 10.6. The third kappa shape index (κ3) is 3.23. The van der Waals surface area contributed by atoms with Crippen LogP contribution in [0.5, 0.6) is 0 Å². The molecular formula is C13H18BrN3S. The summed E-state index contributed by atoms with van der Waals surface area (Å²) in [4.78, 5) is 6.60. The van der Waals surface area contributed by atoms with Crippen molar-refractivity contribution in [2.45, 2.75) is 13.8 Å². The molecule has 1 aromatic carbocycles. The summed E-state index contributed by atoms with van der Waals surface area (Å²) in [7, 11) is 0. The Morgan fingerprint density at radius 3 is 2.22 bits per heavy atom. The first kappa shape index (κ1) is 15.0. The number of hydrogen-bond acceptors (Lipinski definition) is 4. The molecule has 1 heterocycles. The third-order valence-electron chi connectivity index (χ3n) is 2.81. The highest BCUT2D eigenvalue weighted by atomic mass is 79.9. The molecule has 1 aromatic heterocycles. The van der Waals surface area contributed by atoms with Crippen LogP contribution in [0, 0.1) is 0 Å². The Bertz CT molecular complexity index is 477. The SMILES string of the molecule is Br.CCN(CC)c1ccc(-c2csc(N)n2)cc1. The number of nitrogen functional groups attached to an aromatic ring is 1. The van der Waals surface area contributed by atoms with Crippen molar-refractivity contribution in [2.24, 2.45) is 0 Å². The lowest BCUT2D eigenvalue weighted by atomic mass is 10.1. The van der Waals surface area contributed by atoms with Crippen molar-refractivity contribution in [2.75, 3.05) is 23.7 Å². The number of thiazole rings is 1. The Labute approximate surface area is 122 Å². The first-order valence-electron chi connectivity index (χ1n) is 5.81. The lowest BCUT2D eigenvalue weighted by Gasteiger charge is -2.20. The van der Waals surface area contributed by atoms with Gasteiger partial charge in [-0.15, -0.1) is 28.3 Å². The summed E-state index contributed by atoms with van der Waals surface area (Å²) in [6.07, 6.45) is 0. The molecule has 2 aromatic rings. The number of nitrogens with two attached hydrogens (primary N) is 1. The zero-order valence-corrected chi connectivity index (χ0v) is 13.1. The van der Waals surface area contributed by atoms with Crippen LogP contribution < -0.4 is 10.6 Å². The van der Waals surface area contributed by atoms with E-state index in [0.717, 1.165) is 24.3 Å². The fourth-order valence-corrected chi connectivity index (χ4v) is 2.42. The molecule has 0 atom stereocenters. The maximum atomic E-state index is 5.64. The molecule has 3 nitrogen and oxygen atoms in total. The smallest absolute Gasteiger partial charge is 0.180 e. The molecule has 5 heteroatoms. The quantitative estimate of drug-likeness (QED) is 0.928. The Balaban J connectivity index is 0.00000162. The molecule has 0 unspecified atom stereocenters. The summed E-state index contributed by atoms with van der Waals surface area (Å²) < 4.78 is 0. The fourth-order valence-electron chi connectivity index (χ4n) is 1.85. The predicted octanol–water partition coefficient (Wildman–Crippen LogP) is 3.82. The van der Waals surface area contributed by atoms with E-state index in [1.54, 1.807) is 0 Å². The van der Waals surface area contributed by atoms with Crippen LogP contribution in [0.2, 0.25) is 0 Å². The van der Waals surface area contributed by atoms with Gasteiger partial charge < -0.3 is 10.6 Å². The van der Waals surface area contributed by atoms with E-state index < -0.39 is 0 Å². The van der Waals surface area contributed by atoms with Gasteiger partial charge in [-0.2, -0.15) is 0 Å². The standard InChI is InChI=1S/C13H17N3S.BrH/c1-3-16(4-2)11-7-5-10(6-8-11)12-9-17-13(14)15-12;/h5-9H,3-4H2,1-2H3,(H2,14,15);1H. The Hall–Kier alpha value is -1.07. The number of halogens is 1. The summed E-state index contributed by atoms with van der Waals surface area (Å²) in [5.74, 6) is 0. The van der Waals surface area contributed by atoms with Crippen LogP contribution in [0.15, 0.2) is 29.6 Å². The van der Waals surface area contributed by atoms with Gasteiger partial charge in [0.2, 0.25) is 0 Å². The molecule has 98 valence electrons. The predicted molar refractivity (Wildman–Crippen MR) is 85.8 cm³/mol. The molecular weight excluding hydrogens is 310 g/mol. The molecule has 18 heavy (non-hydrogen) atoms. The maximum absolute atomic E-state index is 5.64. The highest BCUT2D eigenvalue weighted by molar-refractivity contribution is 8.93. The molecule has 0 radical (unpaired) electrons. The minimum atomic E-state index is 0. The number of aromatic nitrogens is 1. The Morgan fingerprint density at radius 2 is 1.78 bits per heavy atom. The molecule has 0 spiro atoms. The van der Waals surface area contributed by atoms with Gasteiger partial charge in [-0.05, 0) is 26.0 Å². The molecule has 0 aliphatic rings. The minimum absolute atomic E-state index is 0. The number of anilines is 2. The second-order valence-corrected chi connectivity index (χ2v) is 4.68. The monoisotopic (exact) mass is 327 g/mol. The van der Waals surface area contributed by atoms with Crippen molar-refractivity contribution in [1.29, 1.82) is 0 Å². The summed E-state index contributed by atoms with van der Waals surface area (Å²) in [5, 5.41) is 2.61. The number of nitrogens with zero attached hydrogens (tertiary/aromatic N) is 2. The average Bonchev–Trinajstić information content (AvgIpc) is 2.78. The summed E-state index contributed by atoms with van der Waals surface area (Å²) >= 11 is 1.47. The Morgan fingerprint density at radius 1 is 1.17 bits per heavy atom. The largest absolute Gasteiger partial charge is 0.375 e. The van der Waals surface area contributed by atoms with E-state index in [2.05, 4.69) is 48.0 Å². The van der Waals surface area contributed by atoms with Crippen LogP contribution in [0.3, 0.4) is 0 Å². The van der Waals surface area contributed by atoms with Gasteiger partial charge >= 0.3 is 0 Å². The molecule has 0 aliphatic heterocycles. The van der Waals surface area contributed by atoms with E-state index >= 15 is 0 Å². The molecule has 2 rings (SSSR count). The second kappa shape index (κ2) is 6.75. The molecule has 0 fully saturated rings. The van der Waals surface area contributed by atoms with Gasteiger partial charge in [0.1, 0.15) is 0 Å². The second-order valence-electron chi connectivity index (χ2n) is 3.79. The lowest BCUT2D eigenvalue weighted by molar-refractivity contribution is 0.866. The number of rotatable bonds is 4. The van der Waals surface area contributed by atoms with E-state index in [4.69, 9.17) is 5.73 Å². The van der Waals surface area contributed by atoms with Crippen LogP contribution in [-0.4, -0.2) is 18.1 Å². The van der Waals surface area contributed by atoms with Crippen molar-refractivity contribution in [3.8, 4) is 11.3 Å². The van der Waals surface area contributed by atoms with Crippen LogP contribution in [-0.2, 0) is 0 Å². The van der Waals surface area contributed by atoms with Crippen LogP contribution >= 0.6 is 28.3 Å². The number of benzene rings is 1. The molecule has 0 bridgehead atoms. The van der Waals surface area contributed by atoms with Crippen molar-refractivity contribution in [3.63, 3.8) is 0 Å². The first-order chi connectivity index (χ1) is 8.24. The third-order valence-corrected chi connectivity index (χ3v) is 3.49. The highest BCUT2D eigenvalue weighted by Crippen LogP contribution is 2.25. The molecule has 2 N–H and O–H groups in total. The van der Waals surface area contributed by atoms with Gasteiger partial charge in [0, 0.05) is 29.7 Å². The maximum Gasteiger partial charge on any atom is 0.180 e. The van der Waals surface area contributed by atoms with Gasteiger partial charge in [0.05, 0.1) is 5.69 Å². The first-order valence-corrected chi connectivity index (χ1v) is 6.69.